The number of hydrogen-bond donors (Lipinski definition) is 0. The second-order valence-electron chi connectivity index (χ2n) is 5.66. The highest BCUT2D eigenvalue weighted by Crippen LogP contribution is 2.22. The van der Waals surface area contributed by atoms with Crippen molar-refractivity contribution >= 4 is 35.2 Å². The van der Waals surface area contributed by atoms with Crippen molar-refractivity contribution < 1.29 is 9.85 Å². The lowest BCUT2D eigenvalue weighted by Crippen LogP contribution is -1.93. The number of hydrogen-bond acceptors (Lipinski definition) is 6. The Morgan fingerprint density at radius 2 is 0.964 bits per heavy atom. The summed E-state index contributed by atoms with van der Waals surface area (Å²) >= 11 is 0. The van der Waals surface area contributed by atoms with Crippen molar-refractivity contribution in [1.29, 1.82) is 0 Å². The van der Waals surface area contributed by atoms with E-state index in [1.54, 1.807) is 60.7 Å². The molecule has 8 heteroatoms. The number of para-hydroxylation sites is 2. The first-order chi connectivity index (χ1) is 13.5. The van der Waals surface area contributed by atoms with Crippen LogP contribution in [0.1, 0.15) is 11.1 Å². The van der Waals surface area contributed by atoms with Crippen LogP contribution in [-0.4, -0.2) is 22.3 Å². The zero-order chi connectivity index (χ0) is 19.9. The van der Waals surface area contributed by atoms with Gasteiger partial charge in [-0.25, -0.2) is 0 Å². The summed E-state index contributed by atoms with van der Waals surface area (Å²) in [6.45, 7) is 0. The second-order valence-corrected chi connectivity index (χ2v) is 5.66. The van der Waals surface area contributed by atoms with Crippen LogP contribution >= 0.6 is 0 Å². The van der Waals surface area contributed by atoms with E-state index in [0.29, 0.717) is 22.5 Å². The van der Waals surface area contributed by atoms with Crippen LogP contribution in [0.25, 0.3) is 0 Å². The Kier molecular flexibility index (Phi) is 5.61. The van der Waals surface area contributed by atoms with Gasteiger partial charge in [0.2, 0.25) is 0 Å². The van der Waals surface area contributed by atoms with Crippen molar-refractivity contribution in [3.05, 3.63) is 104 Å². The quantitative estimate of drug-likeness (QED) is 0.343. The molecule has 138 valence electrons. The lowest BCUT2D eigenvalue weighted by atomic mass is 10.2. The summed E-state index contributed by atoms with van der Waals surface area (Å²) in [5.74, 6) is 0. The van der Waals surface area contributed by atoms with Crippen molar-refractivity contribution in [2.24, 2.45) is 9.98 Å². The van der Waals surface area contributed by atoms with E-state index in [0.717, 1.165) is 0 Å². The molecule has 0 radical (unpaired) electrons. The summed E-state index contributed by atoms with van der Waals surface area (Å²) in [6.07, 6.45) is 2.87. The molecule has 0 amide bonds. The minimum atomic E-state index is -0.456. The smallest absolute Gasteiger partial charge is 0.258 e. The highest BCUT2D eigenvalue weighted by atomic mass is 16.6. The van der Waals surface area contributed by atoms with E-state index in [1.807, 2.05) is 0 Å². The predicted molar refractivity (Wildman–Crippen MR) is 107 cm³/mol. The minimum absolute atomic E-state index is 0.0167. The molecule has 0 unspecified atom stereocenters. The Bertz CT molecular complexity index is 989. The van der Waals surface area contributed by atoms with Gasteiger partial charge in [-0.3, -0.25) is 30.2 Å². The SMILES string of the molecule is O=[N+]([O-])c1ccccc1C=Nc1ccc(N=Cc2ccccc2[N+](=O)[O-])cc1. The fraction of sp³-hybridized carbons (Fsp3) is 0. The summed E-state index contributed by atoms with van der Waals surface area (Å²) in [5.41, 5.74) is 1.98. The van der Waals surface area contributed by atoms with Crippen molar-refractivity contribution in [3.63, 3.8) is 0 Å². The van der Waals surface area contributed by atoms with Gasteiger partial charge in [0.25, 0.3) is 11.4 Å². The van der Waals surface area contributed by atoms with E-state index >= 15 is 0 Å². The van der Waals surface area contributed by atoms with Gasteiger partial charge in [0.15, 0.2) is 0 Å². The van der Waals surface area contributed by atoms with Crippen molar-refractivity contribution in [2.75, 3.05) is 0 Å². The number of benzene rings is 3. The Labute approximate surface area is 159 Å². The largest absolute Gasteiger partial charge is 0.278 e. The molecule has 0 saturated carbocycles. The third-order valence-corrected chi connectivity index (χ3v) is 3.82. The molecule has 0 aliphatic carbocycles. The molecule has 28 heavy (non-hydrogen) atoms. The van der Waals surface area contributed by atoms with Crippen molar-refractivity contribution in [3.8, 4) is 0 Å². The van der Waals surface area contributed by atoms with E-state index in [4.69, 9.17) is 0 Å². The maximum Gasteiger partial charge on any atom is 0.278 e. The van der Waals surface area contributed by atoms with Gasteiger partial charge in [0, 0.05) is 24.6 Å². The zero-order valence-electron chi connectivity index (χ0n) is 14.5. The first kappa shape index (κ1) is 18.6. The Hall–Kier alpha value is -4.20. The molecule has 0 aliphatic heterocycles. The molecule has 0 bridgehead atoms. The van der Waals surface area contributed by atoms with Crippen LogP contribution in [0, 0.1) is 20.2 Å². The number of nitro groups is 2. The molecular formula is C20H14N4O4. The molecular weight excluding hydrogens is 360 g/mol. The maximum atomic E-state index is 11.0. The monoisotopic (exact) mass is 374 g/mol. The van der Waals surface area contributed by atoms with Crippen LogP contribution in [0.3, 0.4) is 0 Å². The van der Waals surface area contributed by atoms with Gasteiger partial charge >= 0.3 is 0 Å². The second kappa shape index (κ2) is 8.45. The molecule has 0 fully saturated rings. The highest BCUT2D eigenvalue weighted by molar-refractivity contribution is 5.88. The normalized spacial score (nSPS) is 11.1. The zero-order valence-corrected chi connectivity index (χ0v) is 14.5. The molecule has 3 aromatic carbocycles. The van der Waals surface area contributed by atoms with Gasteiger partial charge in [-0.1, -0.05) is 24.3 Å². The summed E-state index contributed by atoms with van der Waals surface area (Å²) in [5, 5.41) is 22.0. The fourth-order valence-corrected chi connectivity index (χ4v) is 2.44. The molecule has 3 rings (SSSR count). The first-order valence-electron chi connectivity index (χ1n) is 8.19. The molecule has 3 aromatic rings. The molecule has 0 spiro atoms. The number of nitrogens with zero attached hydrogens (tertiary/aromatic N) is 4. The number of rotatable bonds is 6. The predicted octanol–water partition coefficient (Wildman–Crippen LogP) is 5.00. The first-order valence-corrected chi connectivity index (χ1v) is 8.19. The van der Waals surface area contributed by atoms with Gasteiger partial charge < -0.3 is 0 Å². The standard InChI is InChI=1S/C20H14N4O4/c25-23(26)19-7-3-1-5-15(19)13-21-17-9-11-18(12-10-17)22-14-16-6-2-4-8-20(16)24(27)28/h1-14H. The maximum absolute atomic E-state index is 11.0. The highest BCUT2D eigenvalue weighted by Gasteiger charge is 2.10. The molecule has 0 saturated heterocycles. The molecule has 0 aromatic heterocycles. The molecule has 0 atom stereocenters. The summed E-state index contributed by atoms with van der Waals surface area (Å²) < 4.78 is 0. The van der Waals surface area contributed by atoms with Gasteiger partial charge in [0.05, 0.1) is 32.3 Å². The Morgan fingerprint density at radius 3 is 1.32 bits per heavy atom. The van der Waals surface area contributed by atoms with Crippen molar-refractivity contribution in [2.45, 2.75) is 0 Å². The third kappa shape index (κ3) is 4.50. The van der Waals surface area contributed by atoms with Crippen LogP contribution in [0.2, 0.25) is 0 Å². The van der Waals surface area contributed by atoms with E-state index in [2.05, 4.69) is 9.98 Å². The van der Waals surface area contributed by atoms with Crippen LogP contribution in [0.5, 0.6) is 0 Å². The van der Waals surface area contributed by atoms with Crippen LogP contribution in [0.4, 0.5) is 22.7 Å². The summed E-state index contributed by atoms with van der Waals surface area (Å²) in [4.78, 5) is 29.6. The number of nitro benzene ring substituents is 2. The average Bonchev–Trinajstić information content (AvgIpc) is 2.71. The van der Waals surface area contributed by atoms with E-state index in [9.17, 15) is 20.2 Å². The van der Waals surface area contributed by atoms with Crippen LogP contribution in [-0.2, 0) is 0 Å². The van der Waals surface area contributed by atoms with Crippen LogP contribution in [0.15, 0.2) is 82.8 Å². The third-order valence-electron chi connectivity index (χ3n) is 3.82. The lowest BCUT2D eigenvalue weighted by molar-refractivity contribution is -0.385. The van der Waals surface area contributed by atoms with Crippen molar-refractivity contribution in [1.82, 2.24) is 0 Å². The Morgan fingerprint density at radius 1 is 0.607 bits per heavy atom. The summed E-state index contributed by atoms with van der Waals surface area (Å²) in [7, 11) is 0. The van der Waals surface area contributed by atoms with Gasteiger partial charge in [-0.2, -0.15) is 0 Å². The average molecular weight is 374 g/mol. The van der Waals surface area contributed by atoms with E-state index in [-0.39, 0.29) is 11.4 Å². The summed E-state index contributed by atoms with van der Waals surface area (Å²) in [6, 6.07) is 19.5. The fourth-order valence-electron chi connectivity index (χ4n) is 2.44. The van der Waals surface area contributed by atoms with Gasteiger partial charge in [-0.15, -0.1) is 0 Å². The topological polar surface area (TPSA) is 111 Å². The van der Waals surface area contributed by atoms with E-state index < -0.39 is 9.85 Å². The molecule has 0 aliphatic rings. The number of aliphatic imine (C=N–C) groups is 2. The Balaban J connectivity index is 1.76. The van der Waals surface area contributed by atoms with Crippen LogP contribution < -0.4 is 0 Å². The van der Waals surface area contributed by atoms with E-state index in [1.165, 1.54) is 24.6 Å². The molecule has 8 nitrogen and oxygen atoms in total. The molecule has 0 heterocycles. The van der Waals surface area contributed by atoms with Gasteiger partial charge in [-0.05, 0) is 36.4 Å². The molecule has 0 N–H and O–H groups in total. The lowest BCUT2D eigenvalue weighted by Gasteiger charge is -1.98. The van der Waals surface area contributed by atoms with Gasteiger partial charge in [0.1, 0.15) is 0 Å². The minimum Gasteiger partial charge on any atom is -0.258 e.